The number of carbonyl (C=O) groups excluding carboxylic acids is 1. The van der Waals surface area contributed by atoms with Crippen molar-refractivity contribution in [3.63, 3.8) is 0 Å². The predicted molar refractivity (Wildman–Crippen MR) is 87.0 cm³/mol. The molecule has 1 amide bonds. The monoisotopic (exact) mass is 321 g/mol. The van der Waals surface area contributed by atoms with E-state index in [9.17, 15) is 9.00 Å². The minimum atomic E-state index is -1.18. The van der Waals surface area contributed by atoms with Crippen LogP contribution in [0, 0.1) is 0 Å². The van der Waals surface area contributed by atoms with Crippen LogP contribution in [0.15, 0.2) is 24.3 Å². The van der Waals surface area contributed by atoms with Crippen LogP contribution in [0.4, 0.5) is 0 Å². The summed E-state index contributed by atoms with van der Waals surface area (Å²) in [5, 5.41) is -0.476. The molecule has 0 N–H and O–H groups in total. The van der Waals surface area contributed by atoms with Crippen molar-refractivity contribution in [3.8, 4) is 0 Å². The van der Waals surface area contributed by atoms with Crippen LogP contribution in [0.25, 0.3) is 0 Å². The van der Waals surface area contributed by atoms with Gasteiger partial charge < -0.3 is 9.64 Å². The van der Waals surface area contributed by atoms with E-state index in [4.69, 9.17) is 4.74 Å². The summed E-state index contributed by atoms with van der Waals surface area (Å²) in [7, 11) is -1.18. The molecule has 120 valence electrons. The maximum absolute atomic E-state index is 12.7. The van der Waals surface area contributed by atoms with Crippen LogP contribution < -0.4 is 0 Å². The topological polar surface area (TPSA) is 46.6 Å². The van der Waals surface area contributed by atoms with Crippen LogP contribution in [0.3, 0.4) is 0 Å². The highest BCUT2D eigenvalue weighted by atomic mass is 32.2. The molecule has 0 saturated carbocycles. The molecule has 4 atom stereocenters. The van der Waals surface area contributed by atoms with E-state index in [2.05, 4.69) is 12.1 Å². The Morgan fingerprint density at radius 3 is 2.77 bits per heavy atom. The molecule has 2 heterocycles. The van der Waals surface area contributed by atoms with Gasteiger partial charge in [-0.25, -0.2) is 0 Å². The maximum atomic E-state index is 12.7. The van der Waals surface area contributed by atoms with Crippen molar-refractivity contribution in [3.05, 3.63) is 35.4 Å². The van der Waals surface area contributed by atoms with Crippen LogP contribution in [-0.4, -0.2) is 44.8 Å². The van der Waals surface area contributed by atoms with Gasteiger partial charge in [-0.05, 0) is 37.8 Å². The third kappa shape index (κ3) is 2.97. The number of ether oxygens (including phenoxy) is 1. The van der Waals surface area contributed by atoms with Crippen LogP contribution in [0.5, 0.6) is 0 Å². The van der Waals surface area contributed by atoms with E-state index in [-0.39, 0.29) is 17.3 Å². The Morgan fingerprint density at radius 1 is 1.36 bits per heavy atom. The summed E-state index contributed by atoms with van der Waals surface area (Å²) >= 11 is 0. The molecule has 1 fully saturated rings. The number of hydrogen-bond acceptors (Lipinski definition) is 3. The first-order chi connectivity index (χ1) is 10.6. The van der Waals surface area contributed by atoms with Crippen LogP contribution >= 0.6 is 0 Å². The number of rotatable bonds is 3. The van der Waals surface area contributed by atoms with E-state index < -0.39 is 16.0 Å². The summed E-state index contributed by atoms with van der Waals surface area (Å²) < 4.78 is 18.2. The Hall–Kier alpha value is -1.20. The van der Waals surface area contributed by atoms with E-state index in [0.29, 0.717) is 19.7 Å². The summed E-state index contributed by atoms with van der Waals surface area (Å²) in [6.45, 7) is 5.74. The lowest BCUT2D eigenvalue weighted by Gasteiger charge is -2.31. The van der Waals surface area contributed by atoms with Crippen LogP contribution in [0.1, 0.15) is 31.4 Å². The Morgan fingerprint density at radius 2 is 2.09 bits per heavy atom. The molecule has 1 saturated heterocycles. The lowest BCUT2D eigenvalue weighted by atomic mass is 10.00. The molecule has 1 aromatic carbocycles. The zero-order chi connectivity index (χ0) is 15.7. The lowest BCUT2D eigenvalue weighted by Crippen LogP contribution is -2.45. The zero-order valence-electron chi connectivity index (χ0n) is 13.2. The second-order valence-electron chi connectivity index (χ2n) is 6.15. The predicted octanol–water partition coefficient (Wildman–Crippen LogP) is 1.89. The highest BCUT2D eigenvalue weighted by Crippen LogP contribution is 2.24. The first kappa shape index (κ1) is 15.7. The van der Waals surface area contributed by atoms with Gasteiger partial charge in [0.2, 0.25) is 5.91 Å². The molecule has 2 aliphatic heterocycles. The third-order valence-corrected chi connectivity index (χ3v) is 6.86. The van der Waals surface area contributed by atoms with Crippen LogP contribution in [0.2, 0.25) is 0 Å². The summed E-state index contributed by atoms with van der Waals surface area (Å²) in [5.41, 5.74) is 2.52. The molecule has 0 spiro atoms. The third-order valence-electron chi connectivity index (χ3n) is 4.74. The molecule has 0 aromatic heterocycles. The van der Waals surface area contributed by atoms with Crippen molar-refractivity contribution in [1.82, 2.24) is 4.90 Å². The number of benzene rings is 1. The van der Waals surface area contributed by atoms with E-state index >= 15 is 0 Å². The van der Waals surface area contributed by atoms with Crippen molar-refractivity contribution in [2.45, 2.75) is 49.8 Å². The van der Waals surface area contributed by atoms with Gasteiger partial charge in [0.25, 0.3) is 0 Å². The molecule has 4 nitrogen and oxygen atoms in total. The van der Waals surface area contributed by atoms with Gasteiger partial charge >= 0.3 is 0 Å². The second kappa shape index (κ2) is 6.50. The van der Waals surface area contributed by atoms with E-state index in [1.165, 1.54) is 11.1 Å². The van der Waals surface area contributed by atoms with Crippen LogP contribution in [-0.2, 0) is 33.3 Å². The van der Waals surface area contributed by atoms with Gasteiger partial charge in [-0.15, -0.1) is 0 Å². The molecule has 22 heavy (non-hydrogen) atoms. The Bertz CT molecular complexity index is 589. The molecular weight excluding hydrogens is 298 g/mol. The van der Waals surface area contributed by atoms with Gasteiger partial charge in [0, 0.05) is 30.5 Å². The quantitative estimate of drug-likeness (QED) is 0.854. The number of amides is 1. The van der Waals surface area contributed by atoms with Crippen molar-refractivity contribution in [2.24, 2.45) is 0 Å². The van der Waals surface area contributed by atoms with E-state index in [1.807, 2.05) is 24.0 Å². The number of carbonyl (C=O) groups is 1. The van der Waals surface area contributed by atoms with Gasteiger partial charge in [0.05, 0.1) is 11.4 Å². The second-order valence-corrected chi connectivity index (χ2v) is 8.12. The molecule has 0 unspecified atom stereocenters. The van der Waals surface area contributed by atoms with Crippen molar-refractivity contribution in [2.75, 3.05) is 13.2 Å². The first-order valence-electron chi connectivity index (χ1n) is 7.94. The summed E-state index contributed by atoms with van der Waals surface area (Å²) in [6.07, 6.45) is 1.65. The largest absolute Gasteiger partial charge is 0.377 e. The van der Waals surface area contributed by atoms with Crippen molar-refractivity contribution in [1.29, 1.82) is 0 Å². The molecule has 1 aromatic rings. The normalized spacial score (nSPS) is 27.3. The summed E-state index contributed by atoms with van der Waals surface area (Å²) in [5.74, 6) is 0.00642. The first-order valence-corrected chi connectivity index (χ1v) is 9.22. The molecule has 0 bridgehead atoms. The highest BCUT2D eigenvalue weighted by molar-refractivity contribution is 7.87. The fourth-order valence-corrected chi connectivity index (χ4v) is 4.98. The smallest absolute Gasteiger partial charge is 0.238 e. The highest BCUT2D eigenvalue weighted by Gasteiger charge is 2.36. The van der Waals surface area contributed by atoms with Gasteiger partial charge in [0.15, 0.2) is 0 Å². The lowest BCUT2D eigenvalue weighted by molar-refractivity contribution is -0.131. The molecule has 2 aliphatic rings. The van der Waals surface area contributed by atoms with Gasteiger partial charge in [-0.1, -0.05) is 24.3 Å². The SMILES string of the molecule is C[C@@H]1OCC[C@@H]1[S@@](=O)[C@@H](C)C(=O)N1CCc2ccccc2C1. The molecule has 5 heteroatoms. The molecule has 0 radical (unpaired) electrons. The molecule has 0 aliphatic carbocycles. The van der Waals surface area contributed by atoms with Crippen molar-refractivity contribution < 1.29 is 13.7 Å². The average molecular weight is 321 g/mol. The fourth-order valence-electron chi connectivity index (χ4n) is 3.32. The summed E-state index contributed by atoms with van der Waals surface area (Å²) in [4.78, 5) is 14.6. The minimum absolute atomic E-state index is 0.00642. The van der Waals surface area contributed by atoms with E-state index in [0.717, 1.165) is 12.8 Å². The fraction of sp³-hybridized carbons (Fsp3) is 0.588. The standard InChI is InChI=1S/C17H23NO3S/c1-12-16(8-10-21-12)22(20)13(2)17(19)18-9-7-14-5-3-4-6-15(14)11-18/h3-6,12-13,16H,7-11H2,1-2H3/t12-,13-,16-,22-/m0/s1. The van der Waals surface area contributed by atoms with Gasteiger partial charge in [0.1, 0.15) is 5.25 Å². The Labute approximate surface area is 134 Å². The Balaban J connectivity index is 1.68. The Kier molecular flexibility index (Phi) is 4.64. The number of nitrogens with zero attached hydrogens (tertiary/aromatic N) is 1. The number of fused-ring (bicyclic) bond motifs is 1. The molecular formula is C17H23NO3S. The van der Waals surface area contributed by atoms with Crippen molar-refractivity contribution >= 4 is 16.7 Å². The minimum Gasteiger partial charge on any atom is -0.377 e. The maximum Gasteiger partial charge on any atom is 0.238 e. The molecule has 3 rings (SSSR count). The van der Waals surface area contributed by atoms with E-state index in [1.54, 1.807) is 6.92 Å². The van der Waals surface area contributed by atoms with Gasteiger partial charge in [-0.2, -0.15) is 0 Å². The number of hydrogen-bond donors (Lipinski definition) is 0. The zero-order valence-corrected chi connectivity index (χ0v) is 14.0. The van der Waals surface area contributed by atoms with Gasteiger partial charge in [-0.3, -0.25) is 9.00 Å². The summed E-state index contributed by atoms with van der Waals surface area (Å²) in [6, 6.07) is 8.24. The average Bonchev–Trinajstić information content (AvgIpc) is 2.98.